The molecule has 0 bridgehead atoms. The number of hydrogen-bond acceptors (Lipinski definition) is 3. The van der Waals surface area contributed by atoms with E-state index in [4.69, 9.17) is 5.73 Å². The highest BCUT2D eigenvalue weighted by atomic mass is 16.3. The van der Waals surface area contributed by atoms with E-state index in [-0.39, 0.29) is 5.75 Å². The van der Waals surface area contributed by atoms with Gasteiger partial charge in [0.25, 0.3) is 0 Å². The largest absolute Gasteiger partial charge is 0.508 e. The molecule has 1 aromatic rings. The van der Waals surface area contributed by atoms with Crippen LogP contribution in [0.1, 0.15) is 115 Å². The Hall–Kier alpha value is -2.04. The maximum Gasteiger partial charge on any atom is 0.311 e. The lowest BCUT2D eigenvalue weighted by molar-refractivity contribution is -0.144. The minimum absolute atomic E-state index is 0.180. The van der Waals surface area contributed by atoms with Crippen LogP contribution in [0, 0.1) is 0 Å². The minimum Gasteiger partial charge on any atom is -0.508 e. The van der Waals surface area contributed by atoms with Crippen LogP contribution in [0.25, 0.3) is 0 Å². The maximum atomic E-state index is 12.1. The van der Waals surface area contributed by atoms with Gasteiger partial charge in [-0.1, -0.05) is 115 Å². The molecule has 0 aliphatic carbocycles. The van der Waals surface area contributed by atoms with Crippen molar-refractivity contribution in [3.05, 3.63) is 29.8 Å². The summed E-state index contributed by atoms with van der Waals surface area (Å²) in [5.74, 6) is -1.38. The lowest BCUT2D eigenvalue weighted by Crippen LogP contribution is -2.40. The number of benzene rings is 1. The summed E-state index contributed by atoms with van der Waals surface area (Å²) in [6, 6.07) is 6.67. The molecule has 0 spiro atoms. The van der Waals surface area contributed by atoms with E-state index < -0.39 is 11.8 Å². The van der Waals surface area contributed by atoms with Crippen molar-refractivity contribution in [2.24, 2.45) is 5.73 Å². The van der Waals surface area contributed by atoms with Crippen molar-refractivity contribution in [2.75, 3.05) is 6.54 Å². The summed E-state index contributed by atoms with van der Waals surface area (Å²) in [6.07, 6.45) is 20.8. The molecule has 5 heteroatoms. The molecule has 0 heterocycles. The van der Waals surface area contributed by atoms with Crippen LogP contribution < -0.4 is 5.73 Å². The molecule has 3 N–H and O–H groups in total. The van der Waals surface area contributed by atoms with Gasteiger partial charge in [-0.15, -0.1) is 0 Å². The van der Waals surface area contributed by atoms with Gasteiger partial charge in [0.05, 0.1) is 0 Å². The molecule has 1 aromatic carbocycles. The first-order chi connectivity index (χ1) is 15.5. The number of nitrogens with two attached hydrogens (primary N) is 1. The van der Waals surface area contributed by atoms with Gasteiger partial charge in [0.1, 0.15) is 5.75 Å². The molecular weight excluding hydrogens is 400 g/mol. The van der Waals surface area contributed by atoms with E-state index in [9.17, 15) is 14.7 Å². The molecule has 0 aliphatic heterocycles. The first kappa shape index (κ1) is 28.0. The minimum atomic E-state index is -0.916. The van der Waals surface area contributed by atoms with Crippen molar-refractivity contribution in [1.82, 2.24) is 4.90 Å². The second kappa shape index (κ2) is 18.5. The maximum absolute atomic E-state index is 12.1. The summed E-state index contributed by atoms with van der Waals surface area (Å²) >= 11 is 0. The van der Waals surface area contributed by atoms with Crippen molar-refractivity contribution in [2.45, 2.75) is 116 Å². The highest BCUT2D eigenvalue weighted by Gasteiger charge is 2.18. The first-order valence-corrected chi connectivity index (χ1v) is 12.9. The van der Waals surface area contributed by atoms with Crippen LogP contribution in [0.2, 0.25) is 0 Å². The van der Waals surface area contributed by atoms with Crippen LogP contribution >= 0.6 is 0 Å². The summed E-state index contributed by atoms with van der Waals surface area (Å²) in [5.41, 5.74) is 6.08. The Bertz CT molecular complexity index is 616. The Morgan fingerprint density at radius 2 is 1.12 bits per heavy atom. The Balaban J connectivity index is 2.04. The van der Waals surface area contributed by atoms with Gasteiger partial charge in [-0.25, -0.2) is 0 Å². The van der Waals surface area contributed by atoms with E-state index in [0.29, 0.717) is 13.1 Å². The van der Waals surface area contributed by atoms with Gasteiger partial charge >= 0.3 is 11.8 Å². The summed E-state index contributed by atoms with van der Waals surface area (Å²) in [7, 11) is 0. The number of phenolic OH excluding ortho intramolecular Hbond substituents is 1. The second-order valence-corrected chi connectivity index (χ2v) is 9.06. The molecule has 0 saturated carbocycles. The normalized spacial score (nSPS) is 10.9. The standard InChI is InChI=1S/C27H46N2O3/c1-2-3-4-5-6-7-8-9-10-11-12-13-14-15-16-17-22-29(27(32)26(28)31)23-24-18-20-25(30)21-19-24/h18-21,30H,2-17,22-23H2,1H3,(H2,28,31). The SMILES string of the molecule is CCCCCCCCCCCCCCCCCCN(Cc1ccc(O)cc1)C(=O)C(N)=O. The molecule has 0 aliphatic rings. The molecule has 0 radical (unpaired) electrons. The lowest BCUT2D eigenvalue weighted by atomic mass is 10.0. The molecule has 32 heavy (non-hydrogen) atoms. The zero-order chi connectivity index (χ0) is 23.4. The highest BCUT2D eigenvalue weighted by Crippen LogP contribution is 2.15. The van der Waals surface area contributed by atoms with Gasteiger partial charge in [0.2, 0.25) is 0 Å². The Kier molecular flexibility index (Phi) is 16.2. The van der Waals surface area contributed by atoms with Gasteiger partial charge in [-0.2, -0.15) is 0 Å². The fourth-order valence-electron chi connectivity index (χ4n) is 4.08. The van der Waals surface area contributed by atoms with Crippen LogP contribution in [0.3, 0.4) is 0 Å². The van der Waals surface area contributed by atoms with Crippen LogP contribution in [0.15, 0.2) is 24.3 Å². The smallest absolute Gasteiger partial charge is 0.311 e. The molecule has 0 atom stereocenters. The van der Waals surface area contributed by atoms with Gasteiger partial charge in [-0.3, -0.25) is 9.59 Å². The van der Waals surface area contributed by atoms with E-state index in [1.807, 2.05) is 0 Å². The summed E-state index contributed by atoms with van der Waals surface area (Å²) in [5, 5.41) is 9.39. The molecule has 0 saturated heterocycles. The third kappa shape index (κ3) is 14.1. The Morgan fingerprint density at radius 3 is 1.53 bits per heavy atom. The number of amides is 2. The van der Waals surface area contributed by atoms with E-state index in [1.165, 1.54) is 88.4 Å². The number of phenols is 1. The number of rotatable bonds is 19. The first-order valence-electron chi connectivity index (χ1n) is 12.9. The van der Waals surface area contributed by atoms with Gasteiger partial charge < -0.3 is 15.7 Å². The molecule has 182 valence electrons. The zero-order valence-corrected chi connectivity index (χ0v) is 20.3. The number of aromatic hydroxyl groups is 1. The van der Waals surface area contributed by atoms with Crippen molar-refractivity contribution in [1.29, 1.82) is 0 Å². The predicted molar refractivity (Wildman–Crippen MR) is 132 cm³/mol. The van der Waals surface area contributed by atoms with E-state index in [0.717, 1.165) is 24.8 Å². The monoisotopic (exact) mass is 446 g/mol. The van der Waals surface area contributed by atoms with Gasteiger partial charge in [0.15, 0.2) is 0 Å². The van der Waals surface area contributed by atoms with Gasteiger partial charge in [0, 0.05) is 13.1 Å². The van der Waals surface area contributed by atoms with Crippen molar-refractivity contribution >= 4 is 11.8 Å². The van der Waals surface area contributed by atoms with Crippen LogP contribution in [-0.4, -0.2) is 28.4 Å². The fourth-order valence-corrected chi connectivity index (χ4v) is 4.08. The third-order valence-electron chi connectivity index (χ3n) is 6.09. The Morgan fingerprint density at radius 1 is 0.719 bits per heavy atom. The average molecular weight is 447 g/mol. The third-order valence-corrected chi connectivity index (χ3v) is 6.09. The van der Waals surface area contributed by atoms with E-state index >= 15 is 0 Å². The van der Waals surface area contributed by atoms with Gasteiger partial charge in [-0.05, 0) is 24.1 Å². The van der Waals surface area contributed by atoms with E-state index in [1.54, 1.807) is 24.3 Å². The number of unbranched alkanes of at least 4 members (excludes halogenated alkanes) is 15. The summed E-state index contributed by atoms with van der Waals surface area (Å²) in [6.45, 7) is 3.13. The number of carbonyl (C=O) groups excluding carboxylic acids is 2. The van der Waals surface area contributed by atoms with Crippen LogP contribution in [0.5, 0.6) is 5.75 Å². The van der Waals surface area contributed by atoms with Crippen LogP contribution in [0.4, 0.5) is 0 Å². The number of primary amides is 1. The molecule has 2 amide bonds. The number of hydrogen-bond donors (Lipinski definition) is 2. The molecule has 0 aromatic heterocycles. The zero-order valence-electron chi connectivity index (χ0n) is 20.3. The van der Waals surface area contributed by atoms with Crippen molar-refractivity contribution in [3.8, 4) is 5.75 Å². The van der Waals surface area contributed by atoms with Crippen molar-refractivity contribution < 1.29 is 14.7 Å². The molecule has 0 fully saturated rings. The molecule has 0 unspecified atom stereocenters. The predicted octanol–water partition coefficient (Wildman–Crippen LogP) is 6.47. The molecule has 1 rings (SSSR count). The average Bonchev–Trinajstić information content (AvgIpc) is 2.78. The summed E-state index contributed by atoms with van der Waals surface area (Å²) < 4.78 is 0. The van der Waals surface area contributed by atoms with Crippen molar-refractivity contribution in [3.63, 3.8) is 0 Å². The Labute approximate surface area is 195 Å². The lowest BCUT2D eigenvalue weighted by Gasteiger charge is -2.21. The molecule has 5 nitrogen and oxygen atoms in total. The summed E-state index contributed by atoms with van der Waals surface area (Å²) in [4.78, 5) is 25.0. The fraction of sp³-hybridized carbons (Fsp3) is 0.704. The quantitative estimate of drug-likeness (QED) is 0.189. The van der Waals surface area contributed by atoms with E-state index in [2.05, 4.69) is 6.92 Å². The second-order valence-electron chi connectivity index (χ2n) is 9.06. The van der Waals surface area contributed by atoms with Crippen LogP contribution in [-0.2, 0) is 16.1 Å². The number of carbonyl (C=O) groups is 2. The highest BCUT2D eigenvalue weighted by molar-refractivity contribution is 6.34. The number of nitrogens with zero attached hydrogens (tertiary/aromatic N) is 1. The molecular formula is C27H46N2O3. The topological polar surface area (TPSA) is 83.6 Å².